The summed E-state index contributed by atoms with van der Waals surface area (Å²) in [4.78, 5) is 45.8. The standard InChI is InChI=1S/C36H37N3O5/c1-3-37(26(2)36(44,29-20-12-6-13-21-29)30-22-14-7-15-23-30)33(40)31-32(34(41)42)39(25-28-18-10-5-11-19-28)35(43)38(31)24-27-16-8-4-9-17-27/h4-23,26,31-32,44H,3,24-25H2,1-2H3,(H,41,42). The van der Waals surface area contributed by atoms with E-state index >= 15 is 0 Å². The molecule has 1 aliphatic rings. The van der Waals surface area contributed by atoms with Gasteiger partial charge in [0.2, 0.25) is 5.91 Å². The molecule has 8 heteroatoms. The summed E-state index contributed by atoms with van der Waals surface area (Å²) in [6, 6.07) is 32.5. The Balaban J connectivity index is 1.58. The molecule has 1 fully saturated rings. The van der Waals surface area contributed by atoms with Gasteiger partial charge in [0.1, 0.15) is 11.6 Å². The molecule has 8 nitrogen and oxygen atoms in total. The molecular formula is C36H37N3O5. The van der Waals surface area contributed by atoms with Crippen LogP contribution in [0, 0.1) is 0 Å². The largest absolute Gasteiger partial charge is 0.480 e. The lowest BCUT2D eigenvalue weighted by Crippen LogP contribution is -2.59. The average Bonchev–Trinajstić information content (AvgIpc) is 3.33. The third-order valence-corrected chi connectivity index (χ3v) is 8.48. The van der Waals surface area contributed by atoms with Crippen molar-refractivity contribution in [2.45, 2.75) is 50.7 Å². The van der Waals surface area contributed by atoms with Crippen LogP contribution in [0.4, 0.5) is 4.79 Å². The molecule has 0 spiro atoms. The molecule has 44 heavy (non-hydrogen) atoms. The van der Waals surface area contributed by atoms with Crippen molar-refractivity contribution in [1.29, 1.82) is 0 Å². The van der Waals surface area contributed by atoms with Crippen LogP contribution >= 0.6 is 0 Å². The minimum atomic E-state index is -1.62. The Morgan fingerprint density at radius 2 is 1.11 bits per heavy atom. The van der Waals surface area contributed by atoms with Crippen molar-refractivity contribution >= 4 is 17.9 Å². The maximum Gasteiger partial charge on any atom is 0.329 e. The fourth-order valence-electron chi connectivity index (χ4n) is 6.22. The van der Waals surface area contributed by atoms with Gasteiger partial charge in [0.25, 0.3) is 0 Å². The summed E-state index contributed by atoms with van der Waals surface area (Å²) in [6.07, 6.45) is 0. The Hall–Kier alpha value is -4.95. The van der Waals surface area contributed by atoms with Crippen molar-refractivity contribution in [3.63, 3.8) is 0 Å². The van der Waals surface area contributed by atoms with Crippen molar-refractivity contribution in [2.24, 2.45) is 0 Å². The zero-order valence-electron chi connectivity index (χ0n) is 24.9. The van der Waals surface area contributed by atoms with Crippen molar-refractivity contribution in [3.8, 4) is 0 Å². The number of nitrogens with zero attached hydrogens (tertiary/aromatic N) is 3. The normalized spacial score (nSPS) is 17.4. The second-order valence-electron chi connectivity index (χ2n) is 11.0. The summed E-state index contributed by atoms with van der Waals surface area (Å²) < 4.78 is 0. The summed E-state index contributed by atoms with van der Waals surface area (Å²) in [7, 11) is 0. The minimum Gasteiger partial charge on any atom is -0.480 e. The van der Waals surface area contributed by atoms with Gasteiger partial charge in [0.15, 0.2) is 6.04 Å². The van der Waals surface area contributed by atoms with Gasteiger partial charge in [0, 0.05) is 19.6 Å². The van der Waals surface area contributed by atoms with Crippen LogP contribution in [0.1, 0.15) is 36.1 Å². The van der Waals surface area contributed by atoms with Gasteiger partial charge in [0.05, 0.1) is 6.04 Å². The van der Waals surface area contributed by atoms with Crippen molar-refractivity contribution in [3.05, 3.63) is 144 Å². The molecule has 0 radical (unpaired) electrons. The second kappa shape index (κ2) is 13.1. The lowest BCUT2D eigenvalue weighted by atomic mass is 9.79. The Bertz CT molecular complexity index is 1530. The van der Waals surface area contributed by atoms with E-state index in [0.717, 1.165) is 11.1 Å². The number of urea groups is 1. The van der Waals surface area contributed by atoms with E-state index in [4.69, 9.17) is 0 Å². The topological polar surface area (TPSA) is 101 Å². The van der Waals surface area contributed by atoms with E-state index in [1.165, 1.54) is 14.7 Å². The third kappa shape index (κ3) is 5.81. The van der Waals surface area contributed by atoms with Gasteiger partial charge in [-0.15, -0.1) is 0 Å². The number of carbonyl (C=O) groups is 3. The molecule has 1 saturated heterocycles. The predicted molar refractivity (Wildman–Crippen MR) is 167 cm³/mol. The number of aliphatic carboxylic acids is 1. The summed E-state index contributed by atoms with van der Waals surface area (Å²) >= 11 is 0. The van der Waals surface area contributed by atoms with Gasteiger partial charge < -0.3 is 24.9 Å². The van der Waals surface area contributed by atoms with Crippen LogP contribution < -0.4 is 0 Å². The van der Waals surface area contributed by atoms with Gasteiger partial charge >= 0.3 is 12.0 Å². The van der Waals surface area contributed by atoms with E-state index < -0.39 is 41.6 Å². The number of hydrogen-bond donors (Lipinski definition) is 2. The molecule has 0 bridgehead atoms. The number of carboxylic acids is 1. The average molecular weight is 592 g/mol. The highest BCUT2D eigenvalue weighted by Gasteiger charge is 2.55. The molecule has 3 atom stereocenters. The molecule has 0 aromatic heterocycles. The van der Waals surface area contributed by atoms with Crippen LogP contribution in [0.2, 0.25) is 0 Å². The number of amides is 3. The lowest BCUT2D eigenvalue weighted by Gasteiger charge is -2.43. The van der Waals surface area contributed by atoms with E-state index in [-0.39, 0.29) is 19.6 Å². The van der Waals surface area contributed by atoms with Crippen LogP contribution in [0.25, 0.3) is 0 Å². The Morgan fingerprint density at radius 3 is 1.50 bits per heavy atom. The van der Waals surface area contributed by atoms with Crippen LogP contribution in [0.3, 0.4) is 0 Å². The maximum atomic E-state index is 14.7. The summed E-state index contributed by atoms with van der Waals surface area (Å²) in [6.45, 7) is 3.82. The van der Waals surface area contributed by atoms with E-state index in [1.54, 1.807) is 13.8 Å². The Kier molecular flexibility index (Phi) is 9.11. The van der Waals surface area contributed by atoms with Gasteiger partial charge in [-0.1, -0.05) is 121 Å². The van der Waals surface area contributed by atoms with Crippen molar-refractivity contribution in [2.75, 3.05) is 6.54 Å². The number of benzene rings is 4. The van der Waals surface area contributed by atoms with Crippen LogP contribution in [0.15, 0.2) is 121 Å². The number of likely N-dealkylation sites (N-methyl/N-ethyl adjacent to an activating group) is 1. The van der Waals surface area contributed by atoms with Crippen LogP contribution in [-0.2, 0) is 28.3 Å². The summed E-state index contributed by atoms with van der Waals surface area (Å²) in [5, 5.41) is 23.0. The quantitative estimate of drug-likeness (QED) is 0.252. The molecule has 2 N–H and O–H groups in total. The van der Waals surface area contributed by atoms with Gasteiger partial charge in [-0.25, -0.2) is 9.59 Å². The highest BCUT2D eigenvalue weighted by Crippen LogP contribution is 2.37. The smallest absolute Gasteiger partial charge is 0.329 e. The number of carbonyl (C=O) groups excluding carboxylic acids is 2. The highest BCUT2D eigenvalue weighted by molar-refractivity contribution is 5.98. The van der Waals surface area contributed by atoms with Crippen molar-refractivity contribution in [1.82, 2.24) is 14.7 Å². The van der Waals surface area contributed by atoms with E-state index in [0.29, 0.717) is 11.1 Å². The molecular weight excluding hydrogens is 554 g/mol. The first-order valence-corrected chi connectivity index (χ1v) is 14.8. The second-order valence-corrected chi connectivity index (χ2v) is 11.0. The summed E-state index contributed by atoms with van der Waals surface area (Å²) in [5.41, 5.74) is 1.08. The molecule has 3 amide bonds. The molecule has 3 unspecified atom stereocenters. The fourth-order valence-corrected chi connectivity index (χ4v) is 6.22. The minimum absolute atomic E-state index is 0.0331. The molecule has 0 aliphatic carbocycles. The number of hydrogen-bond acceptors (Lipinski definition) is 4. The zero-order valence-corrected chi connectivity index (χ0v) is 24.9. The van der Waals surface area contributed by atoms with Crippen LogP contribution in [-0.4, -0.2) is 67.5 Å². The molecule has 4 aromatic rings. The van der Waals surface area contributed by atoms with Gasteiger partial charge in [-0.2, -0.15) is 0 Å². The highest BCUT2D eigenvalue weighted by atomic mass is 16.4. The molecule has 0 saturated carbocycles. The SMILES string of the molecule is CCN(C(=O)C1C(C(=O)O)N(Cc2ccccc2)C(=O)N1Cc1ccccc1)C(C)C(O)(c1ccccc1)c1ccccc1. The first kappa shape index (κ1) is 30.5. The summed E-state index contributed by atoms with van der Waals surface area (Å²) in [5.74, 6) is -1.81. The Morgan fingerprint density at radius 1 is 0.727 bits per heavy atom. The maximum absolute atomic E-state index is 14.7. The van der Waals surface area contributed by atoms with Gasteiger partial charge in [-0.05, 0) is 36.1 Å². The lowest BCUT2D eigenvalue weighted by molar-refractivity contribution is -0.151. The molecule has 1 aliphatic heterocycles. The van der Waals surface area contributed by atoms with Crippen molar-refractivity contribution < 1.29 is 24.6 Å². The number of rotatable bonds is 11. The van der Waals surface area contributed by atoms with Gasteiger partial charge in [-0.3, -0.25) is 4.79 Å². The van der Waals surface area contributed by atoms with E-state index in [9.17, 15) is 24.6 Å². The number of carboxylic acid groups (broad SMARTS) is 1. The molecule has 4 aromatic carbocycles. The first-order valence-electron chi connectivity index (χ1n) is 14.8. The first-order chi connectivity index (χ1) is 21.3. The fraction of sp³-hybridized carbons (Fsp3) is 0.250. The van der Waals surface area contributed by atoms with E-state index in [2.05, 4.69) is 0 Å². The number of aliphatic hydroxyl groups is 1. The Labute approximate surface area is 257 Å². The monoisotopic (exact) mass is 591 g/mol. The molecule has 5 rings (SSSR count). The molecule has 1 heterocycles. The van der Waals surface area contributed by atoms with Crippen LogP contribution in [0.5, 0.6) is 0 Å². The van der Waals surface area contributed by atoms with E-state index in [1.807, 2.05) is 121 Å². The zero-order chi connectivity index (χ0) is 31.3. The molecule has 226 valence electrons. The third-order valence-electron chi connectivity index (χ3n) is 8.48. The predicted octanol–water partition coefficient (Wildman–Crippen LogP) is 5.12.